The molecule has 1 amide bonds. The molecule has 29 heavy (non-hydrogen) atoms. The number of amides is 1. The number of rotatable bonds is 4. The van der Waals surface area contributed by atoms with Crippen LogP contribution in [-0.2, 0) is 14.8 Å². The predicted molar refractivity (Wildman–Crippen MR) is 118 cm³/mol. The summed E-state index contributed by atoms with van der Waals surface area (Å²) in [7, 11) is -3.77. The number of fused-ring (bicyclic) bond motifs is 1. The molecule has 0 spiro atoms. The van der Waals surface area contributed by atoms with Crippen molar-refractivity contribution in [1.82, 2.24) is 5.43 Å². The number of carbonyl (C=O) groups excluding carboxylic acids is 1. The Balaban J connectivity index is 1.79. The van der Waals surface area contributed by atoms with Crippen LogP contribution in [0.2, 0.25) is 5.02 Å². The number of nitrogens with two attached hydrogens (primary N) is 1. The summed E-state index contributed by atoms with van der Waals surface area (Å²) >= 11 is 11.4. The van der Waals surface area contributed by atoms with Crippen molar-refractivity contribution in [3.63, 3.8) is 0 Å². The molecule has 0 aliphatic carbocycles. The molecule has 0 saturated carbocycles. The first-order valence-corrected chi connectivity index (χ1v) is 10.8. The first kappa shape index (κ1) is 21.2. The van der Waals surface area contributed by atoms with E-state index < -0.39 is 10.0 Å². The van der Waals surface area contributed by atoms with Crippen LogP contribution in [0.5, 0.6) is 0 Å². The zero-order valence-electron chi connectivity index (χ0n) is 15.6. The molecule has 0 saturated heterocycles. The van der Waals surface area contributed by atoms with Crippen LogP contribution in [0.15, 0.2) is 46.4 Å². The van der Waals surface area contributed by atoms with E-state index in [1.54, 1.807) is 17.0 Å². The zero-order valence-corrected chi connectivity index (χ0v) is 18.0. The lowest BCUT2D eigenvalue weighted by Gasteiger charge is -2.16. The van der Waals surface area contributed by atoms with Crippen LogP contribution in [0, 0.1) is 6.92 Å². The van der Waals surface area contributed by atoms with Crippen LogP contribution >= 0.6 is 23.8 Å². The molecular formula is C18H18ClN5O3S2. The number of anilines is 2. The Labute approximate surface area is 178 Å². The molecule has 11 heteroatoms. The Morgan fingerprint density at radius 2 is 1.93 bits per heavy atom. The molecule has 0 atom stereocenters. The molecule has 1 aliphatic rings. The number of hydrogen-bond donors (Lipinski definition) is 3. The molecule has 0 fully saturated rings. The molecule has 1 aliphatic heterocycles. The summed E-state index contributed by atoms with van der Waals surface area (Å²) in [5.74, 6) is -0.249. The second-order valence-electron chi connectivity index (χ2n) is 6.26. The lowest BCUT2D eigenvalue weighted by atomic mass is 10.1. The first-order chi connectivity index (χ1) is 13.6. The third-order valence-corrected chi connectivity index (χ3v) is 5.61. The van der Waals surface area contributed by atoms with Crippen LogP contribution in [0.4, 0.5) is 11.4 Å². The molecule has 1 heterocycles. The second kappa shape index (κ2) is 8.07. The van der Waals surface area contributed by atoms with E-state index in [-0.39, 0.29) is 21.6 Å². The van der Waals surface area contributed by atoms with Gasteiger partial charge in [-0.2, -0.15) is 5.10 Å². The largest absolute Gasteiger partial charge is 0.331 e. The van der Waals surface area contributed by atoms with Gasteiger partial charge in [0.1, 0.15) is 0 Å². The Morgan fingerprint density at radius 1 is 1.28 bits per heavy atom. The number of carbonyl (C=O) groups is 1. The van der Waals surface area contributed by atoms with E-state index in [1.165, 1.54) is 24.3 Å². The van der Waals surface area contributed by atoms with E-state index in [4.69, 9.17) is 29.0 Å². The van der Waals surface area contributed by atoms with Crippen molar-refractivity contribution in [2.75, 3.05) is 16.8 Å². The van der Waals surface area contributed by atoms with E-state index in [2.05, 4.69) is 15.8 Å². The first-order valence-electron chi connectivity index (χ1n) is 8.51. The summed E-state index contributed by atoms with van der Waals surface area (Å²) in [6, 6.07) is 9.22. The number of halogens is 1. The van der Waals surface area contributed by atoms with E-state index in [0.29, 0.717) is 22.8 Å². The van der Waals surface area contributed by atoms with Crippen molar-refractivity contribution in [2.45, 2.75) is 18.7 Å². The van der Waals surface area contributed by atoms with Gasteiger partial charge >= 0.3 is 0 Å². The number of benzene rings is 2. The summed E-state index contributed by atoms with van der Waals surface area (Å²) in [6.45, 7) is 4.25. The highest BCUT2D eigenvalue weighted by Gasteiger charge is 2.34. The summed E-state index contributed by atoms with van der Waals surface area (Å²) < 4.78 is 22.6. The van der Waals surface area contributed by atoms with Gasteiger partial charge in [0.25, 0.3) is 5.91 Å². The average molecular weight is 452 g/mol. The number of nitrogens with one attached hydrogen (secondary N) is 2. The van der Waals surface area contributed by atoms with Gasteiger partial charge in [-0.1, -0.05) is 11.6 Å². The van der Waals surface area contributed by atoms with Gasteiger partial charge in [-0.05, 0) is 68.0 Å². The van der Waals surface area contributed by atoms with E-state index in [0.717, 1.165) is 11.3 Å². The summed E-state index contributed by atoms with van der Waals surface area (Å²) in [4.78, 5) is 14.4. The van der Waals surface area contributed by atoms with E-state index >= 15 is 0 Å². The maximum atomic E-state index is 12.7. The Hall–Kier alpha value is -2.53. The quantitative estimate of drug-likeness (QED) is 0.485. The highest BCUT2D eigenvalue weighted by Crippen LogP contribution is 2.35. The molecular weight excluding hydrogens is 434 g/mol. The van der Waals surface area contributed by atoms with Gasteiger partial charge in [0, 0.05) is 22.8 Å². The van der Waals surface area contributed by atoms with Crippen molar-refractivity contribution in [3.8, 4) is 0 Å². The number of aryl methyl sites for hydroxylation is 1. The third kappa shape index (κ3) is 4.40. The monoisotopic (exact) mass is 451 g/mol. The van der Waals surface area contributed by atoms with Crippen molar-refractivity contribution in [2.24, 2.45) is 10.2 Å². The maximum Gasteiger partial charge on any atom is 0.279 e. The van der Waals surface area contributed by atoms with Gasteiger partial charge in [-0.15, -0.1) is 0 Å². The van der Waals surface area contributed by atoms with Crippen molar-refractivity contribution in [1.29, 1.82) is 0 Å². The summed E-state index contributed by atoms with van der Waals surface area (Å²) in [5.41, 5.74) is 5.68. The fraction of sp³-hybridized carbons (Fsp3) is 0.167. The Bertz CT molecular complexity index is 1130. The van der Waals surface area contributed by atoms with Crippen LogP contribution < -0.4 is 20.8 Å². The third-order valence-electron chi connectivity index (χ3n) is 4.26. The molecule has 152 valence electrons. The van der Waals surface area contributed by atoms with Gasteiger partial charge in [0.05, 0.1) is 10.6 Å². The molecule has 2 aromatic carbocycles. The minimum absolute atomic E-state index is 0.0118. The molecule has 0 radical (unpaired) electrons. The fourth-order valence-corrected chi connectivity index (χ4v) is 3.97. The molecule has 0 aromatic heterocycles. The minimum atomic E-state index is -3.77. The maximum absolute atomic E-state index is 12.7. The standard InChI is InChI=1S/C18H18ClN5O3S2/c1-3-24-16-10(2)8-11(19)9-14(16)15(17(24)25)22-23-18(28)21-12-4-6-13(7-5-12)29(20,26)27/h4-9H,3H2,1-2H3,(H2,20,26,27)(H2,21,23,28). The van der Waals surface area contributed by atoms with Gasteiger partial charge in [-0.25, -0.2) is 13.6 Å². The lowest BCUT2D eigenvalue weighted by molar-refractivity contribution is -0.112. The molecule has 8 nitrogen and oxygen atoms in total. The Kier molecular flexibility index (Phi) is 5.90. The van der Waals surface area contributed by atoms with Crippen molar-refractivity contribution >= 4 is 61.9 Å². The van der Waals surface area contributed by atoms with Gasteiger partial charge in [0.15, 0.2) is 10.8 Å². The molecule has 0 bridgehead atoms. The normalized spacial score (nSPS) is 14.8. The number of hydrazone groups is 1. The molecule has 3 rings (SSSR count). The molecule has 0 unspecified atom stereocenters. The van der Waals surface area contributed by atoms with E-state index in [9.17, 15) is 13.2 Å². The highest BCUT2D eigenvalue weighted by molar-refractivity contribution is 7.89. The second-order valence-corrected chi connectivity index (χ2v) is 8.67. The van der Waals surface area contributed by atoms with Gasteiger partial charge in [0.2, 0.25) is 10.0 Å². The van der Waals surface area contributed by atoms with Crippen molar-refractivity contribution in [3.05, 3.63) is 52.5 Å². The predicted octanol–water partition coefficient (Wildman–Crippen LogP) is 2.35. The van der Waals surface area contributed by atoms with Crippen LogP contribution in [-0.4, -0.2) is 31.7 Å². The number of thiocarbonyl (C=S) groups is 1. The minimum Gasteiger partial charge on any atom is -0.331 e. The fourth-order valence-electron chi connectivity index (χ4n) is 3.02. The van der Waals surface area contributed by atoms with Gasteiger partial charge < -0.3 is 10.2 Å². The van der Waals surface area contributed by atoms with Crippen molar-refractivity contribution < 1.29 is 13.2 Å². The number of nitrogens with zero attached hydrogens (tertiary/aromatic N) is 2. The molecule has 4 N–H and O–H groups in total. The van der Waals surface area contributed by atoms with Crippen LogP contribution in [0.1, 0.15) is 18.1 Å². The van der Waals surface area contributed by atoms with E-state index in [1.807, 2.05) is 13.8 Å². The lowest BCUT2D eigenvalue weighted by Crippen LogP contribution is -2.32. The molecule has 2 aromatic rings. The number of likely N-dealkylation sites (N-methyl/N-ethyl adjacent to an activating group) is 1. The van der Waals surface area contributed by atoms with Crippen LogP contribution in [0.25, 0.3) is 0 Å². The Morgan fingerprint density at radius 3 is 2.52 bits per heavy atom. The summed E-state index contributed by atoms with van der Waals surface area (Å²) in [5, 5.41) is 12.7. The van der Waals surface area contributed by atoms with Gasteiger partial charge in [-0.3, -0.25) is 10.2 Å². The van der Waals surface area contributed by atoms with Crippen LogP contribution in [0.3, 0.4) is 0 Å². The SMILES string of the molecule is CCN1C(=O)C(=NNC(=S)Nc2ccc(S(N)(=O)=O)cc2)c2cc(Cl)cc(C)c21. The average Bonchev–Trinajstić information content (AvgIpc) is 2.90. The number of hydrogen-bond acceptors (Lipinski definition) is 5. The number of sulfonamides is 1. The summed E-state index contributed by atoms with van der Waals surface area (Å²) in [6.07, 6.45) is 0. The smallest absolute Gasteiger partial charge is 0.279 e. The highest BCUT2D eigenvalue weighted by atomic mass is 35.5. The zero-order chi connectivity index (χ0) is 21.3. The number of primary sulfonamides is 1. The topological polar surface area (TPSA) is 117 Å².